The van der Waals surface area contributed by atoms with E-state index in [1.165, 1.54) is 4.88 Å². The number of esters is 1. The highest BCUT2D eigenvalue weighted by Gasteiger charge is 2.29. The average molecular weight is 410 g/mol. The van der Waals surface area contributed by atoms with Gasteiger partial charge in [-0.2, -0.15) is 0 Å². The van der Waals surface area contributed by atoms with Gasteiger partial charge in [-0.1, -0.05) is 0 Å². The number of carbonyl (C=O) groups is 2. The lowest BCUT2D eigenvalue weighted by Gasteiger charge is -2.28. The van der Waals surface area contributed by atoms with Crippen LogP contribution in [0.3, 0.4) is 0 Å². The molecule has 1 atom stereocenters. The Labute approximate surface area is 173 Å². The summed E-state index contributed by atoms with van der Waals surface area (Å²) in [5, 5.41) is 0.609. The molecule has 1 heterocycles. The Kier molecular flexibility index (Phi) is 8.46. The molecule has 0 amide bonds. The van der Waals surface area contributed by atoms with Gasteiger partial charge in [0.1, 0.15) is 10.8 Å². The minimum Gasteiger partial charge on any atom is -0.462 e. The largest absolute Gasteiger partial charge is 0.462 e. The first-order valence-corrected chi connectivity index (χ1v) is 11.0. The molecule has 158 valence electrons. The van der Waals surface area contributed by atoms with Crippen LogP contribution in [0.5, 0.6) is 0 Å². The first kappa shape index (κ1) is 22.8. The van der Waals surface area contributed by atoms with E-state index < -0.39 is 0 Å². The van der Waals surface area contributed by atoms with Gasteiger partial charge in [-0.25, -0.2) is 4.79 Å². The third-order valence-corrected chi connectivity index (χ3v) is 6.80. The Morgan fingerprint density at radius 1 is 1.07 bits per heavy atom. The van der Waals surface area contributed by atoms with E-state index >= 15 is 0 Å². The van der Waals surface area contributed by atoms with Gasteiger partial charge in [0, 0.05) is 29.8 Å². The summed E-state index contributed by atoms with van der Waals surface area (Å²) >= 11 is 1.54. The topological polar surface area (TPSA) is 75.9 Å². The molecule has 6 nitrogen and oxygen atoms in total. The summed E-state index contributed by atoms with van der Waals surface area (Å²) < 4.78 is 5.08. The fraction of sp³-hybridized carbons (Fsp3) is 0.714. The number of rotatable bonds is 4. The molecule has 0 aliphatic heterocycles. The summed E-state index contributed by atoms with van der Waals surface area (Å²) in [5.41, 5.74) is 7.72. The van der Waals surface area contributed by atoms with Gasteiger partial charge in [0.2, 0.25) is 0 Å². The third-order valence-electron chi connectivity index (χ3n) is 5.72. The van der Waals surface area contributed by atoms with Gasteiger partial charge in [-0.05, 0) is 72.8 Å². The van der Waals surface area contributed by atoms with Gasteiger partial charge in [0.05, 0.1) is 12.2 Å². The second kappa shape index (κ2) is 10.4. The van der Waals surface area contributed by atoms with Gasteiger partial charge >= 0.3 is 5.97 Å². The van der Waals surface area contributed by atoms with E-state index in [1.54, 1.807) is 11.3 Å². The number of hydrogen-bond donors (Lipinski definition) is 1. The molecule has 2 N–H and O–H groups in total. The van der Waals surface area contributed by atoms with Crippen molar-refractivity contribution >= 4 is 28.1 Å². The lowest BCUT2D eigenvalue weighted by molar-refractivity contribution is -0.121. The molecule has 7 heteroatoms. The number of thiophene rings is 1. The van der Waals surface area contributed by atoms with Crippen molar-refractivity contribution in [1.82, 2.24) is 9.80 Å². The van der Waals surface area contributed by atoms with Crippen LogP contribution in [-0.2, 0) is 22.4 Å². The van der Waals surface area contributed by atoms with Crippen LogP contribution in [0, 0.1) is 0 Å². The number of ketones is 1. The number of ether oxygens (including phenoxy) is 1. The molecular formula is C21H35N3O3S. The number of nitrogens with two attached hydrogens (primary N) is 1. The summed E-state index contributed by atoms with van der Waals surface area (Å²) in [6, 6.07) is 1.20. The highest BCUT2D eigenvalue weighted by molar-refractivity contribution is 7.16. The van der Waals surface area contributed by atoms with Crippen LogP contribution < -0.4 is 5.73 Å². The lowest BCUT2D eigenvalue weighted by Crippen LogP contribution is -2.33. The van der Waals surface area contributed by atoms with E-state index in [-0.39, 0.29) is 5.97 Å². The predicted octanol–water partition coefficient (Wildman–Crippen LogP) is 2.99. The maximum Gasteiger partial charge on any atom is 0.341 e. The second-order valence-electron chi connectivity index (χ2n) is 8.06. The summed E-state index contributed by atoms with van der Waals surface area (Å²) in [4.78, 5) is 28.4. The summed E-state index contributed by atoms with van der Waals surface area (Å²) in [6.45, 7) is 2.21. The molecule has 1 aromatic rings. The van der Waals surface area contributed by atoms with E-state index in [4.69, 9.17) is 10.5 Å². The van der Waals surface area contributed by atoms with Crippen molar-refractivity contribution in [3.63, 3.8) is 0 Å². The molecule has 0 radical (unpaired) electrons. The van der Waals surface area contributed by atoms with Crippen molar-refractivity contribution in [3.8, 4) is 0 Å². The van der Waals surface area contributed by atoms with E-state index in [9.17, 15) is 9.59 Å². The molecule has 0 saturated heterocycles. The minimum absolute atomic E-state index is 0.268. The minimum atomic E-state index is -0.268. The number of nitrogens with zero attached hydrogens (tertiary/aromatic N) is 2. The maximum atomic E-state index is 11.9. The Bertz CT molecular complexity index is 675. The van der Waals surface area contributed by atoms with Crippen molar-refractivity contribution in [2.24, 2.45) is 0 Å². The highest BCUT2D eigenvalue weighted by Crippen LogP contribution is 2.37. The smallest absolute Gasteiger partial charge is 0.341 e. The van der Waals surface area contributed by atoms with Crippen molar-refractivity contribution in [1.29, 1.82) is 0 Å². The predicted molar refractivity (Wildman–Crippen MR) is 115 cm³/mol. The summed E-state index contributed by atoms with van der Waals surface area (Å²) in [5.74, 6) is 0.175. The number of Topliss-reactive ketones (excluding diaryl/α,β-unsaturated/α-hetero) is 1. The fourth-order valence-corrected chi connectivity index (χ4v) is 5.08. The molecule has 0 spiro atoms. The number of likely N-dealkylation sites (N-methyl/N-ethyl adjacent to an activating group) is 1. The maximum absolute atomic E-state index is 11.9. The van der Waals surface area contributed by atoms with Crippen LogP contribution in [0.1, 0.15) is 59.8 Å². The van der Waals surface area contributed by atoms with Gasteiger partial charge in [-0.15, -0.1) is 11.3 Å². The first-order chi connectivity index (χ1) is 13.2. The molecule has 0 aromatic carbocycles. The number of hydrogen-bond acceptors (Lipinski definition) is 7. The summed E-state index contributed by atoms with van der Waals surface area (Å²) in [6.07, 6.45) is 6.68. The normalized spacial score (nSPS) is 20.0. The van der Waals surface area contributed by atoms with Gasteiger partial charge in [-0.3, -0.25) is 4.79 Å². The fourth-order valence-electron chi connectivity index (χ4n) is 3.90. The van der Waals surface area contributed by atoms with Crippen molar-refractivity contribution in [3.05, 3.63) is 16.0 Å². The number of fused-ring (bicyclic) bond motifs is 1. The van der Waals surface area contributed by atoms with Gasteiger partial charge < -0.3 is 20.3 Å². The first-order valence-electron chi connectivity index (χ1n) is 10.2. The zero-order valence-electron chi connectivity index (χ0n) is 17.9. The highest BCUT2D eigenvalue weighted by atomic mass is 32.1. The molecular weight excluding hydrogens is 374 g/mol. The zero-order valence-corrected chi connectivity index (χ0v) is 18.7. The van der Waals surface area contributed by atoms with Crippen LogP contribution in [0.25, 0.3) is 0 Å². The Balaban J connectivity index is 0.000000237. The number of carbonyl (C=O) groups excluding carboxylic acids is 2. The van der Waals surface area contributed by atoms with Crippen LogP contribution >= 0.6 is 11.3 Å². The van der Waals surface area contributed by atoms with E-state index in [2.05, 4.69) is 38.0 Å². The molecule has 1 unspecified atom stereocenters. The molecule has 2 aliphatic carbocycles. The number of nitrogen functional groups attached to an aromatic ring is 1. The quantitative estimate of drug-likeness (QED) is 0.771. The van der Waals surface area contributed by atoms with Crippen molar-refractivity contribution in [2.75, 3.05) is 40.5 Å². The van der Waals surface area contributed by atoms with Gasteiger partial charge in [0.15, 0.2) is 0 Å². The van der Waals surface area contributed by atoms with Crippen LogP contribution in [-0.4, -0.2) is 68.4 Å². The third kappa shape index (κ3) is 5.78. The van der Waals surface area contributed by atoms with Crippen LogP contribution in [0.15, 0.2) is 0 Å². The van der Waals surface area contributed by atoms with Crippen LogP contribution in [0.2, 0.25) is 0 Å². The average Bonchev–Trinajstić information content (AvgIpc) is 2.97. The summed E-state index contributed by atoms with van der Waals surface area (Å²) in [7, 11) is 8.36. The van der Waals surface area contributed by atoms with E-state index in [0.29, 0.717) is 35.0 Å². The Morgan fingerprint density at radius 2 is 1.64 bits per heavy atom. The molecule has 1 fully saturated rings. The molecule has 1 saturated carbocycles. The van der Waals surface area contributed by atoms with E-state index in [1.807, 2.05) is 6.92 Å². The molecule has 28 heavy (non-hydrogen) atoms. The van der Waals surface area contributed by atoms with Crippen molar-refractivity contribution in [2.45, 2.75) is 64.0 Å². The number of anilines is 1. The molecule has 3 rings (SSSR count). The van der Waals surface area contributed by atoms with Crippen molar-refractivity contribution < 1.29 is 14.3 Å². The lowest BCUT2D eigenvalue weighted by atomic mass is 9.91. The molecule has 2 aliphatic rings. The Morgan fingerprint density at radius 3 is 2.18 bits per heavy atom. The van der Waals surface area contributed by atoms with Crippen LogP contribution in [0.4, 0.5) is 5.00 Å². The van der Waals surface area contributed by atoms with E-state index in [0.717, 1.165) is 50.5 Å². The molecule has 1 aromatic heterocycles. The zero-order chi connectivity index (χ0) is 20.8. The standard InChI is InChI=1S/C13H20N2O2S.C8H15NO/c1-4-17-13(16)11-9-6-5-8(15(2)3)7-10(9)18-12(11)14;1-9(2)7-3-5-8(10)6-4-7/h8H,4-7,14H2,1-3H3;7H,3-6H2,1-2H3. The second-order valence-corrected chi connectivity index (χ2v) is 9.19. The molecule has 0 bridgehead atoms. The monoisotopic (exact) mass is 409 g/mol. The SMILES string of the molecule is CCOC(=O)c1c(N)sc2c1CCC(N(C)C)C2.CN(C)C1CCC(=O)CC1. The Hall–Kier alpha value is -1.44. The van der Waals surface area contributed by atoms with Gasteiger partial charge in [0.25, 0.3) is 0 Å².